The summed E-state index contributed by atoms with van der Waals surface area (Å²) >= 11 is 0. The summed E-state index contributed by atoms with van der Waals surface area (Å²) in [5.74, 6) is -0.224. The molecule has 1 fully saturated rings. The van der Waals surface area contributed by atoms with Crippen LogP contribution in [0.3, 0.4) is 0 Å². The lowest BCUT2D eigenvalue weighted by Gasteiger charge is -2.41. The second-order valence-electron chi connectivity index (χ2n) is 6.28. The fourth-order valence-electron chi connectivity index (χ4n) is 3.21. The van der Waals surface area contributed by atoms with Crippen LogP contribution < -0.4 is 5.32 Å². The van der Waals surface area contributed by atoms with Gasteiger partial charge in [-0.2, -0.15) is 5.10 Å². The lowest BCUT2D eigenvalue weighted by molar-refractivity contribution is -0.00699. The van der Waals surface area contributed by atoms with E-state index in [0.29, 0.717) is 25.0 Å². The van der Waals surface area contributed by atoms with Crippen LogP contribution in [-0.2, 0) is 11.2 Å². The molecule has 3 rings (SSSR count). The molecule has 0 bridgehead atoms. The molecular formula is C14H20FN3O2. The van der Waals surface area contributed by atoms with E-state index < -0.39 is 11.7 Å². The van der Waals surface area contributed by atoms with Crippen molar-refractivity contribution in [3.05, 3.63) is 17.0 Å². The second kappa shape index (κ2) is 4.55. The molecule has 1 aromatic rings. The van der Waals surface area contributed by atoms with Gasteiger partial charge in [0.2, 0.25) is 0 Å². The van der Waals surface area contributed by atoms with E-state index in [1.807, 2.05) is 20.8 Å². The molecule has 0 unspecified atom stereocenters. The summed E-state index contributed by atoms with van der Waals surface area (Å²) in [6.07, 6.45) is 0.597. The number of hydrogen-bond donors (Lipinski definition) is 2. The standard InChI is InChI=1S/C14H20FN3O2/c1-7-4-10-11(8(2)20-7)17-18-12(10)13(19)16-14(3)5-9(15)6-14/h7-9H,4-6H2,1-3H3,(H,16,19)(H,17,18)/t7-,8+,9?,14?/m1/s1. The van der Waals surface area contributed by atoms with E-state index in [0.717, 1.165) is 11.3 Å². The maximum absolute atomic E-state index is 13.0. The monoisotopic (exact) mass is 281 g/mol. The van der Waals surface area contributed by atoms with E-state index in [2.05, 4.69) is 15.5 Å². The summed E-state index contributed by atoms with van der Waals surface area (Å²) in [5.41, 5.74) is 1.78. The van der Waals surface area contributed by atoms with Crippen molar-refractivity contribution in [3.8, 4) is 0 Å². The van der Waals surface area contributed by atoms with Crippen molar-refractivity contribution in [2.45, 2.75) is 64.0 Å². The molecule has 2 heterocycles. The van der Waals surface area contributed by atoms with E-state index in [4.69, 9.17) is 4.74 Å². The quantitative estimate of drug-likeness (QED) is 0.872. The maximum Gasteiger partial charge on any atom is 0.272 e. The number of alkyl halides is 1. The van der Waals surface area contributed by atoms with Crippen molar-refractivity contribution >= 4 is 5.91 Å². The van der Waals surface area contributed by atoms with Crippen molar-refractivity contribution in [1.82, 2.24) is 15.5 Å². The fraction of sp³-hybridized carbons (Fsp3) is 0.714. The molecule has 6 heteroatoms. The number of nitrogens with zero attached hydrogens (tertiary/aromatic N) is 1. The molecule has 20 heavy (non-hydrogen) atoms. The van der Waals surface area contributed by atoms with Gasteiger partial charge in [-0.3, -0.25) is 9.89 Å². The number of H-pyrrole nitrogens is 1. The third kappa shape index (κ3) is 2.22. The van der Waals surface area contributed by atoms with Gasteiger partial charge in [0.15, 0.2) is 5.69 Å². The van der Waals surface area contributed by atoms with Crippen molar-refractivity contribution in [1.29, 1.82) is 0 Å². The molecule has 1 aliphatic carbocycles. The topological polar surface area (TPSA) is 67.0 Å². The average Bonchev–Trinajstić information content (AvgIpc) is 2.70. The lowest BCUT2D eigenvalue weighted by atomic mass is 9.76. The Hall–Kier alpha value is -1.43. The molecule has 0 spiro atoms. The number of carbonyl (C=O) groups excluding carboxylic acids is 1. The van der Waals surface area contributed by atoms with Gasteiger partial charge in [-0.15, -0.1) is 0 Å². The normalized spacial score (nSPS) is 36.1. The number of amides is 1. The highest BCUT2D eigenvalue weighted by molar-refractivity contribution is 5.94. The maximum atomic E-state index is 13.0. The second-order valence-corrected chi connectivity index (χ2v) is 6.28. The van der Waals surface area contributed by atoms with Gasteiger partial charge in [-0.25, -0.2) is 4.39 Å². The Morgan fingerprint density at radius 3 is 2.85 bits per heavy atom. The number of hydrogen-bond acceptors (Lipinski definition) is 3. The molecule has 1 aromatic heterocycles. The molecule has 2 atom stereocenters. The molecular weight excluding hydrogens is 261 g/mol. The SMILES string of the molecule is C[C@@H]1Cc2c(C(=O)NC3(C)CC(F)C3)n[nH]c2[C@H](C)O1. The first kappa shape index (κ1) is 13.5. The summed E-state index contributed by atoms with van der Waals surface area (Å²) in [4.78, 5) is 12.3. The number of carbonyl (C=O) groups is 1. The Balaban J connectivity index is 1.79. The predicted molar refractivity (Wildman–Crippen MR) is 71.3 cm³/mol. The Kier molecular flexibility index (Phi) is 3.08. The third-order valence-electron chi connectivity index (χ3n) is 4.21. The first-order valence-electron chi connectivity index (χ1n) is 7.07. The Morgan fingerprint density at radius 1 is 1.50 bits per heavy atom. The van der Waals surface area contributed by atoms with Gasteiger partial charge in [0, 0.05) is 30.4 Å². The number of ether oxygens (including phenoxy) is 1. The number of aromatic nitrogens is 2. The lowest BCUT2D eigenvalue weighted by Crippen LogP contribution is -2.56. The zero-order chi connectivity index (χ0) is 14.5. The molecule has 2 aliphatic rings. The number of halogens is 1. The number of rotatable bonds is 2. The third-order valence-corrected chi connectivity index (χ3v) is 4.21. The van der Waals surface area contributed by atoms with E-state index in [9.17, 15) is 9.18 Å². The van der Waals surface area contributed by atoms with Gasteiger partial charge in [-0.1, -0.05) is 0 Å². The molecule has 0 radical (unpaired) electrons. The average molecular weight is 281 g/mol. The minimum Gasteiger partial charge on any atom is -0.369 e. The molecule has 0 aromatic carbocycles. The van der Waals surface area contributed by atoms with Gasteiger partial charge in [0.05, 0.1) is 17.9 Å². The molecule has 1 aliphatic heterocycles. The van der Waals surface area contributed by atoms with Crippen molar-refractivity contribution < 1.29 is 13.9 Å². The highest BCUT2D eigenvalue weighted by Crippen LogP contribution is 2.35. The smallest absolute Gasteiger partial charge is 0.272 e. The van der Waals surface area contributed by atoms with E-state index >= 15 is 0 Å². The first-order valence-corrected chi connectivity index (χ1v) is 7.07. The van der Waals surface area contributed by atoms with E-state index in [-0.39, 0.29) is 18.1 Å². The number of nitrogens with one attached hydrogen (secondary N) is 2. The van der Waals surface area contributed by atoms with Crippen LogP contribution in [0.4, 0.5) is 4.39 Å². The summed E-state index contributed by atoms with van der Waals surface area (Å²) in [5, 5.41) is 9.93. The molecule has 1 saturated carbocycles. The Bertz CT molecular complexity index is 537. The minimum atomic E-state index is -0.804. The van der Waals surface area contributed by atoms with Crippen LogP contribution >= 0.6 is 0 Å². The predicted octanol–water partition coefficient (Wildman–Crippen LogP) is 2.05. The Labute approximate surface area is 117 Å². The summed E-state index contributed by atoms with van der Waals surface area (Å²) < 4.78 is 18.7. The minimum absolute atomic E-state index is 0.0659. The van der Waals surface area contributed by atoms with Crippen molar-refractivity contribution in [2.75, 3.05) is 0 Å². The van der Waals surface area contributed by atoms with Gasteiger partial charge in [-0.05, 0) is 20.8 Å². The van der Waals surface area contributed by atoms with Gasteiger partial charge in [0.1, 0.15) is 6.17 Å². The van der Waals surface area contributed by atoms with Crippen LogP contribution in [0.25, 0.3) is 0 Å². The molecule has 5 nitrogen and oxygen atoms in total. The van der Waals surface area contributed by atoms with Crippen LogP contribution in [-0.4, -0.2) is 33.9 Å². The molecule has 2 N–H and O–H groups in total. The summed E-state index contributed by atoms with van der Waals surface area (Å²) in [7, 11) is 0. The molecule has 0 saturated heterocycles. The zero-order valence-electron chi connectivity index (χ0n) is 12.0. The molecule has 1 amide bonds. The number of fused-ring (bicyclic) bond motifs is 1. The summed E-state index contributed by atoms with van der Waals surface area (Å²) in [6, 6.07) is 0. The highest BCUT2D eigenvalue weighted by atomic mass is 19.1. The van der Waals surface area contributed by atoms with Gasteiger partial charge < -0.3 is 10.1 Å². The van der Waals surface area contributed by atoms with Crippen LogP contribution in [0.5, 0.6) is 0 Å². The summed E-state index contributed by atoms with van der Waals surface area (Å²) in [6.45, 7) is 5.79. The van der Waals surface area contributed by atoms with E-state index in [1.165, 1.54) is 0 Å². The zero-order valence-corrected chi connectivity index (χ0v) is 12.0. The van der Waals surface area contributed by atoms with Gasteiger partial charge in [0.25, 0.3) is 5.91 Å². The van der Waals surface area contributed by atoms with Crippen LogP contribution in [0, 0.1) is 0 Å². The van der Waals surface area contributed by atoms with Crippen molar-refractivity contribution in [2.24, 2.45) is 0 Å². The number of aromatic amines is 1. The fourth-order valence-corrected chi connectivity index (χ4v) is 3.21. The van der Waals surface area contributed by atoms with Crippen LogP contribution in [0.15, 0.2) is 0 Å². The first-order chi connectivity index (χ1) is 9.38. The van der Waals surface area contributed by atoms with Crippen LogP contribution in [0.1, 0.15) is 61.5 Å². The molecule has 110 valence electrons. The largest absolute Gasteiger partial charge is 0.369 e. The van der Waals surface area contributed by atoms with E-state index in [1.54, 1.807) is 0 Å². The van der Waals surface area contributed by atoms with Crippen LogP contribution in [0.2, 0.25) is 0 Å². The highest BCUT2D eigenvalue weighted by Gasteiger charge is 2.42. The van der Waals surface area contributed by atoms with Gasteiger partial charge >= 0.3 is 0 Å². The Morgan fingerprint density at radius 2 is 2.20 bits per heavy atom. The van der Waals surface area contributed by atoms with Crippen molar-refractivity contribution in [3.63, 3.8) is 0 Å².